The van der Waals surface area contributed by atoms with Crippen LogP contribution in [0, 0.1) is 0 Å². The van der Waals surface area contributed by atoms with Crippen LogP contribution in [0.1, 0.15) is 23.4 Å². The number of rotatable bonds is 4. The van der Waals surface area contributed by atoms with Crippen molar-refractivity contribution in [2.24, 2.45) is 0 Å². The van der Waals surface area contributed by atoms with Crippen LogP contribution in [-0.4, -0.2) is 8.42 Å². The Morgan fingerprint density at radius 2 is 1.76 bits per heavy atom. The van der Waals surface area contributed by atoms with Gasteiger partial charge in [-0.1, -0.05) is 6.07 Å². The molecule has 0 radical (unpaired) electrons. The van der Waals surface area contributed by atoms with E-state index in [2.05, 4.69) is 4.72 Å². The Labute approximate surface area is 124 Å². The maximum Gasteiger partial charge on any atom is 0.416 e. The predicted molar refractivity (Wildman–Crippen MR) is 74.5 cm³/mol. The lowest BCUT2D eigenvalue weighted by Gasteiger charge is -2.13. The van der Waals surface area contributed by atoms with Crippen molar-refractivity contribution < 1.29 is 21.6 Å². The summed E-state index contributed by atoms with van der Waals surface area (Å²) in [5, 5.41) is 1.82. The summed E-state index contributed by atoms with van der Waals surface area (Å²) in [5.74, 6) is 0. The topological polar surface area (TPSA) is 46.2 Å². The van der Waals surface area contributed by atoms with E-state index in [1.807, 2.05) is 5.38 Å². The van der Waals surface area contributed by atoms with Crippen LogP contribution in [0.3, 0.4) is 0 Å². The first-order chi connectivity index (χ1) is 9.70. The molecule has 0 aliphatic rings. The molecule has 8 heteroatoms. The first-order valence-electron chi connectivity index (χ1n) is 5.93. The Kier molecular flexibility index (Phi) is 4.40. The van der Waals surface area contributed by atoms with E-state index in [-0.39, 0.29) is 4.90 Å². The summed E-state index contributed by atoms with van der Waals surface area (Å²) < 4.78 is 64.0. The van der Waals surface area contributed by atoms with Crippen molar-refractivity contribution in [2.75, 3.05) is 0 Å². The van der Waals surface area contributed by atoms with Gasteiger partial charge in [0.25, 0.3) is 0 Å². The lowest BCUT2D eigenvalue weighted by molar-refractivity contribution is -0.137. The van der Waals surface area contributed by atoms with Crippen molar-refractivity contribution in [3.05, 3.63) is 52.2 Å². The van der Waals surface area contributed by atoms with Crippen LogP contribution in [0.5, 0.6) is 0 Å². The van der Waals surface area contributed by atoms with E-state index in [1.165, 1.54) is 11.3 Å². The number of hydrogen-bond acceptors (Lipinski definition) is 3. The van der Waals surface area contributed by atoms with Gasteiger partial charge in [0, 0.05) is 4.88 Å². The molecule has 0 amide bonds. The van der Waals surface area contributed by atoms with E-state index in [1.54, 1.807) is 19.1 Å². The van der Waals surface area contributed by atoms with E-state index >= 15 is 0 Å². The molecule has 0 fully saturated rings. The quantitative estimate of drug-likeness (QED) is 0.923. The second-order valence-corrected chi connectivity index (χ2v) is 7.07. The van der Waals surface area contributed by atoms with E-state index in [0.29, 0.717) is 0 Å². The lowest BCUT2D eigenvalue weighted by Crippen LogP contribution is -2.26. The second kappa shape index (κ2) is 5.78. The average molecular weight is 335 g/mol. The number of sulfonamides is 1. The lowest BCUT2D eigenvalue weighted by atomic mass is 10.2. The monoisotopic (exact) mass is 335 g/mol. The molecule has 114 valence electrons. The first-order valence-corrected chi connectivity index (χ1v) is 8.29. The van der Waals surface area contributed by atoms with Gasteiger partial charge >= 0.3 is 6.18 Å². The zero-order valence-electron chi connectivity index (χ0n) is 10.9. The van der Waals surface area contributed by atoms with Crippen LogP contribution in [0.2, 0.25) is 0 Å². The molecule has 0 saturated carbocycles. The van der Waals surface area contributed by atoms with Crippen LogP contribution in [-0.2, 0) is 16.2 Å². The Morgan fingerprint density at radius 3 is 2.24 bits per heavy atom. The molecule has 3 nitrogen and oxygen atoms in total. The average Bonchev–Trinajstić information content (AvgIpc) is 2.91. The first kappa shape index (κ1) is 16.0. The Hall–Kier alpha value is -1.38. The summed E-state index contributed by atoms with van der Waals surface area (Å²) >= 11 is 1.40. The van der Waals surface area contributed by atoms with Gasteiger partial charge in [0.15, 0.2) is 0 Å². The maximum absolute atomic E-state index is 12.4. The van der Waals surface area contributed by atoms with Crippen molar-refractivity contribution in [3.8, 4) is 0 Å². The van der Waals surface area contributed by atoms with Crippen LogP contribution >= 0.6 is 11.3 Å². The molecule has 21 heavy (non-hydrogen) atoms. The number of nitrogens with one attached hydrogen (secondary N) is 1. The Balaban J connectivity index is 2.20. The second-order valence-electron chi connectivity index (χ2n) is 4.38. The highest BCUT2D eigenvalue weighted by molar-refractivity contribution is 7.89. The van der Waals surface area contributed by atoms with Gasteiger partial charge in [0.2, 0.25) is 10.0 Å². The van der Waals surface area contributed by atoms with Gasteiger partial charge in [-0.3, -0.25) is 0 Å². The van der Waals surface area contributed by atoms with Crippen molar-refractivity contribution >= 4 is 21.4 Å². The minimum absolute atomic E-state index is 0.195. The van der Waals surface area contributed by atoms with Gasteiger partial charge in [0.1, 0.15) is 0 Å². The largest absolute Gasteiger partial charge is 0.416 e. The molecule has 0 unspecified atom stereocenters. The molecular weight excluding hydrogens is 323 g/mol. The summed E-state index contributed by atoms with van der Waals surface area (Å²) in [7, 11) is -3.86. The number of alkyl halides is 3. The smallest absolute Gasteiger partial charge is 0.207 e. The number of benzene rings is 1. The van der Waals surface area contributed by atoms with Gasteiger partial charge in [-0.15, -0.1) is 11.3 Å². The van der Waals surface area contributed by atoms with Crippen LogP contribution in [0.15, 0.2) is 46.7 Å². The maximum atomic E-state index is 12.4. The van der Waals surface area contributed by atoms with E-state index in [9.17, 15) is 21.6 Å². The van der Waals surface area contributed by atoms with Gasteiger partial charge in [-0.2, -0.15) is 13.2 Å². The normalized spacial score (nSPS) is 14.1. The van der Waals surface area contributed by atoms with Crippen molar-refractivity contribution in [3.63, 3.8) is 0 Å². The minimum Gasteiger partial charge on any atom is -0.207 e. The third kappa shape index (κ3) is 3.84. The highest BCUT2D eigenvalue weighted by Gasteiger charge is 2.30. The fourth-order valence-corrected chi connectivity index (χ4v) is 3.75. The van der Waals surface area contributed by atoms with Crippen LogP contribution < -0.4 is 4.72 Å². The summed E-state index contributed by atoms with van der Waals surface area (Å²) in [6.07, 6.45) is -4.49. The molecule has 2 rings (SSSR count). The number of thiophene rings is 1. The summed E-state index contributed by atoms with van der Waals surface area (Å²) in [6.45, 7) is 1.67. The van der Waals surface area contributed by atoms with E-state index in [4.69, 9.17) is 0 Å². The van der Waals surface area contributed by atoms with Gasteiger partial charge in [-0.25, -0.2) is 13.1 Å². The van der Waals surface area contributed by atoms with Crippen molar-refractivity contribution in [1.29, 1.82) is 0 Å². The summed E-state index contributed by atoms with van der Waals surface area (Å²) in [4.78, 5) is 0.629. The fraction of sp³-hybridized carbons (Fsp3) is 0.231. The molecule has 1 N–H and O–H groups in total. The molecule has 1 aromatic carbocycles. The summed E-state index contributed by atoms with van der Waals surface area (Å²) in [6, 6.07) is 6.54. The molecule has 1 aromatic heterocycles. The van der Waals surface area contributed by atoms with Crippen molar-refractivity contribution in [2.45, 2.75) is 24.0 Å². The van der Waals surface area contributed by atoms with E-state index < -0.39 is 27.8 Å². The third-order valence-corrected chi connectivity index (χ3v) is 5.41. The Morgan fingerprint density at radius 1 is 1.14 bits per heavy atom. The molecule has 0 spiro atoms. The zero-order valence-corrected chi connectivity index (χ0v) is 12.5. The van der Waals surface area contributed by atoms with E-state index in [0.717, 1.165) is 29.1 Å². The molecular formula is C13H12F3NO2S2. The molecule has 0 bridgehead atoms. The van der Waals surface area contributed by atoms with Crippen LogP contribution in [0.25, 0.3) is 0 Å². The molecule has 0 aliphatic carbocycles. The van der Waals surface area contributed by atoms with Gasteiger partial charge in [-0.05, 0) is 42.6 Å². The highest BCUT2D eigenvalue weighted by atomic mass is 32.2. The van der Waals surface area contributed by atoms with Crippen LogP contribution in [0.4, 0.5) is 13.2 Å². The summed E-state index contributed by atoms with van der Waals surface area (Å²) in [5.41, 5.74) is -0.882. The zero-order chi connectivity index (χ0) is 15.7. The standard InChI is InChI=1S/C13H12F3NO2S2/c1-9(12-3-2-8-20-12)17-21(18,19)11-6-4-10(5-7-11)13(14,15)16/h2-9,17H,1H3/t9-/m1/s1. The third-order valence-electron chi connectivity index (χ3n) is 2.79. The molecule has 1 heterocycles. The number of hydrogen-bond donors (Lipinski definition) is 1. The fourth-order valence-electron chi connectivity index (χ4n) is 1.72. The minimum atomic E-state index is -4.49. The number of halogens is 3. The SMILES string of the molecule is C[C@@H](NS(=O)(=O)c1ccc(C(F)(F)F)cc1)c1cccs1. The molecule has 0 aliphatic heterocycles. The predicted octanol–water partition coefficient (Wildman–Crippen LogP) is 3.81. The van der Waals surface area contributed by atoms with Crippen molar-refractivity contribution in [1.82, 2.24) is 4.72 Å². The van der Waals surface area contributed by atoms with Gasteiger partial charge in [0.05, 0.1) is 16.5 Å². The molecule has 2 aromatic rings. The molecule has 1 atom stereocenters. The molecule has 0 saturated heterocycles. The van der Waals surface area contributed by atoms with Gasteiger partial charge < -0.3 is 0 Å². The highest BCUT2D eigenvalue weighted by Crippen LogP contribution is 2.30. The Bertz CT molecular complexity index is 692.